The summed E-state index contributed by atoms with van der Waals surface area (Å²) in [5, 5.41) is 14.0. The largest absolute Gasteiger partial charge is 0.668 e. The molecule has 10 heteroatoms. The quantitative estimate of drug-likeness (QED) is 0.234. The van der Waals surface area contributed by atoms with E-state index in [2.05, 4.69) is 118 Å². The van der Waals surface area contributed by atoms with Crippen LogP contribution in [0.25, 0.3) is 21.3 Å². The molecule has 0 aliphatic rings. The first-order chi connectivity index (χ1) is 15.1. The van der Waals surface area contributed by atoms with E-state index in [1.807, 2.05) is 0 Å². The van der Waals surface area contributed by atoms with Crippen LogP contribution in [0.4, 0.5) is 0 Å². The Morgan fingerprint density at radius 2 is 0.412 bits per heavy atom. The Hall–Kier alpha value is 0.417. The molecule has 0 unspecified atom stereocenters. The van der Waals surface area contributed by atoms with Gasteiger partial charge in [-0.1, -0.05) is 0 Å². The zero-order valence-corrected chi connectivity index (χ0v) is 32.3. The number of rotatable bonds is 0. The van der Waals surface area contributed by atoms with Crippen molar-refractivity contribution in [2.24, 2.45) is 14.0 Å². The van der Waals surface area contributed by atoms with Gasteiger partial charge in [-0.3, -0.25) is 0 Å². The molecule has 34 heavy (non-hydrogen) atoms. The fourth-order valence-electron chi connectivity index (χ4n) is 0.531. The molecule has 0 aromatic carbocycles. The van der Waals surface area contributed by atoms with Gasteiger partial charge in [0.2, 0.25) is 0 Å². The van der Waals surface area contributed by atoms with Crippen molar-refractivity contribution in [2.75, 3.05) is 56.4 Å². The summed E-state index contributed by atoms with van der Waals surface area (Å²) in [4.78, 5) is 0. The minimum Gasteiger partial charge on any atom is -0.668 e. The maximum absolute atomic E-state index is 4.54. The summed E-state index contributed by atoms with van der Waals surface area (Å²) in [7, 11) is 14.0. The Kier molecular flexibility index (Phi) is 41.5. The maximum Gasteiger partial charge on any atom is -0.162 e. The first-order valence-corrected chi connectivity index (χ1v) is 16.4. The topological polar surface area (TPSA) is 106 Å². The Labute approximate surface area is 232 Å². The third-order valence-corrected chi connectivity index (χ3v) is 10.3. The molecule has 0 aliphatic carbocycles. The average Bonchev–Trinajstić information content (AvgIpc) is 2.53. The van der Waals surface area contributed by atoms with E-state index in [1.165, 1.54) is 0 Å². The van der Waals surface area contributed by atoms with Crippen LogP contribution in [0.2, 0.25) is 0 Å². The Morgan fingerprint density at radius 1 is 0.324 bits per heavy atom. The van der Waals surface area contributed by atoms with Gasteiger partial charge in [-0.25, -0.2) is 0 Å². The molecular formula is C24H60N8W2-4. The molecule has 0 saturated heterocycles. The summed E-state index contributed by atoms with van der Waals surface area (Å²) >= 11 is -1.56. The zero-order chi connectivity index (χ0) is 29.1. The van der Waals surface area contributed by atoms with Crippen molar-refractivity contribution >= 4 is 0 Å². The van der Waals surface area contributed by atoms with Crippen molar-refractivity contribution in [1.82, 2.24) is 0 Å². The minimum absolute atomic E-state index is 0.124. The third kappa shape index (κ3) is 119. The van der Waals surface area contributed by atoms with Crippen molar-refractivity contribution in [1.29, 1.82) is 0 Å². The van der Waals surface area contributed by atoms with E-state index >= 15 is 0 Å². The molecule has 0 amide bonds. The molecule has 0 rings (SSSR count). The molecular weight excluding hydrogens is 768 g/mol. The van der Waals surface area contributed by atoms with Crippen LogP contribution in [-0.2, 0) is 36.4 Å². The number of hydrogen-bond donors (Lipinski definition) is 0. The van der Waals surface area contributed by atoms with Gasteiger partial charge in [-0.05, 0) is 0 Å². The van der Waals surface area contributed by atoms with E-state index in [-0.39, 0.29) is 22.2 Å². The predicted octanol–water partition coefficient (Wildman–Crippen LogP) is 8.55. The molecule has 212 valence electrons. The zero-order valence-electron chi connectivity index (χ0n) is 26.4. The van der Waals surface area contributed by atoms with Gasteiger partial charge in [0.1, 0.15) is 0 Å². The van der Waals surface area contributed by atoms with Gasteiger partial charge in [-0.2, -0.15) is 56.4 Å². The second-order valence-corrected chi connectivity index (χ2v) is 14.8. The minimum atomic E-state index is -0.780. The summed E-state index contributed by atoms with van der Waals surface area (Å²) in [6.45, 7) is 25.6. The van der Waals surface area contributed by atoms with Crippen LogP contribution in [0, 0.1) is 0 Å². The molecule has 0 saturated carbocycles. The molecule has 0 bridgehead atoms. The SMILES string of the molecule is CC(C)(C)[N]=[W]=[N]C(C)(C)C.CC(C)(C)[N]=[W]=[N]C(C)(C)C.C[N-]C.C[N-]C.C[N-]C.C[N-]C. The van der Waals surface area contributed by atoms with Crippen LogP contribution in [-0.4, -0.2) is 78.5 Å². The van der Waals surface area contributed by atoms with Crippen molar-refractivity contribution in [3.8, 4) is 0 Å². The van der Waals surface area contributed by atoms with E-state index in [4.69, 9.17) is 0 Å². The molecule has 0 aromatic heterocycles. The van der Waals surface area contributed by atoms with Crippen molar-refractivity contribution in [3.63, 3.8) is 0 Å². The molecule has 0 radical (unpaired) electrons. The van der Waals surface area contributed by atoms with Crippen molar-refractivity contribution in [3.05, 3.63) is 21.3 Å². The summed E-state index contributed by atoms with van der Waals surface area (Å²) in [5.74, 6) is 0. The summed E-state index contributed by atoms with van der Waals surface area (Å²) in [6, 6.07) is 0. The van der Waals surface area contributed by atoms with Crippen LogP contribution in [0.15, 0.2) is 14.0 Å². The van der Waals surface area contributed by atoms with E-state index in [0.717, 1.165) is 0 Å². The summed E-state index contributed by atoms with van der Waals surface area (Å²) in [5.41, 5.74) is 0.498. The van der Waals surface area contributed by atoms with Crippen LogP contribution in [0.3, 0.4) is 0 Å². The van der Waals surface area contributed by atoms with Gasteiger partial charge in [0, 0.05) is 0 Å². The van der Waals surface area contributed by atoms with E-state index in [9.17, 15) is 0 Å². The van der Waals surface area contributed by atoms with E-state index < -0.39 is 36.4 Å². The molecule has 0 aliphatic heterocycles. The van der Waals surface area contributed by atoms with Gasteiger partial charge in [-0.15, -0.1) is 0 Å². The molecule has 8 nitrogen and oxygen atoms in total. The smallest absolute Gasteiger partial charge is 0.162 e. The Balaban J connectivity index is -0.0000000789. The van der Waals surface area contributed by atoms with Gasteiger partial charge in [0.25, 0.3) is 0 Å². The fourth-order valence-corrected chi connectivity index (χ4v) is 4.34. The molecule has 0 atom stereocenters. The van der Waals surface area contributed by atoms with E-state index in [0.29, 0.717) is 0 Å². The van der Waals surface area contributed by atoms with Crippen LogP contribution < -0.4 is 0 Å². The number of nitrogens with zero attached hydrogens (tertiary/aromatic N) is 8. The standard InChI is InChI=1S/4C4H9N.4C2H6N.2W/c4*1-4(2,3)5;4*1-3-2;;/h4*1-3H3;4*1-2H3;;/q;;;;4*-1;;. The number of hydrogen-bond acceptors (Lipinski definition) is 4. The van der Waals surface area contributed by atoms with Gasteiger partial charge in [0.05, 0.1) is 0 Å². The van der Waals surface area contributed by atoms with E-state index in [1.54, 1.807) is 56.4 Å². The van der Waals surface area contributed by atoms with Crippen LogP contribution in [0.5, 0.6) is 0 Å². The average molecular weight is 828 g/mol. The predicted molar refractivity (Wildman–Crippen MR) is 150 cm³/mol. The molecule has 0 heterocycles. The first-order valence-electron chi connectivity index (χ1n) is 11.2. The van der Waals surface area contributed by atoms with Crippen LogP contribution in [0.1, 0.15) is 83.1 Å². The first kappa shape index (κ1) is 47.6. The van der Waals surface area contributed by atoms with Crippen LogP contribution >= 0.6 is 0 Å². The van der Waals surface area contributed by atoms with Gasteiger partial charge >= 0.3 is 156 Å². The second kappa shape index (κ2) is 29.6. The fraction of sp³-hybridized carbons (Fsp3) is 1.00. The van der Waals surface area contributed by atoms with Gasteiger partial charge < -0.3 is 21.3 Å². The second-order valence-electron chi connectivity index (χ2n) is 11.0. The third-order valence-electron chi connectivity index (χ3n) is 1.26. The Bertz CT molecular complexity index is 423. The maximum atomic E-state index is 4.54. The molecule has 0 aromatic rings. The van der Waals surface area contributed by atoms with Crippen molar-refractivity contribution in [2.45, 2.75) is 105 Å². The van der Waals surface area contributed by atoms with Gasteiger partial charge in [0.15, 0.2) is 0 Å². The Morgan fingerprint density at radius 3 is 0.471 bits per heavy atom. The normalized spacial score (nSPS) is 10.2. The van der Waals surface area contributed by atoms with Crippen molar-refractivity contribution < 1.29 is 36.4 Å². The molecule has 0 spiro atoms. The molecule has 0 fully saturated rings. The summed E-state index contributed by atoms with van der Waals surface area (Å²) < 4.78 is 18.2. The molecule has 0 N–H and O–H groups in total. The summed E-state index contributed by atoms with van der Waals surface area (Å²) in [6.07, 6.45) is 0. The monoisotopic (exact) mass is 828 g/mol.